The molecule has 0 saturated heterocycles. The second-order valence-corrected chi connectivity index (χ2v) is 7.57. The third-order valence-electron chi connectivity index (χ3n) is 5.25. The van der Waals surface area contributed by atoms with Crippen molar-refractivity contribution < 1.29 is 18.4 Å². The van der Waals surface area contributed by atoms with E-state index < -0.39 is 11.6 Å². The Morgan fingerprint density at radius 1 is 1.04 bits per heavy atom. The summed E-state index contributed by atoms with van der Waals surface area (Å²) in [6.07, 6.45) is 1.80. The maximum Gasteiger partial charge on any atom is 0.226 e. The minimum atomic E-state index is -0.988. The van der Waals surface area contributed by atoms with Crippen molar-refractivity contribution in [1.82, 2.24) is 9.80 Å². The summed E-state index contributed by atoms with van der Waals surface area (Å²) < 4.78 is 28.0. The summed E-state index contributed by atoms with van der Waals surface area (Å²) >= 11 is 0. The van der Waals surface area contributed by atoms with Crippen LogP contribution in [0, 0.1) is 11.6 Å². The van der Waals surface area contributed by atoms with E-state index in [1.54, 1.807) is 11.8 Å². The van der Waals surface area contributed by atoms with Gasteiger partial charge in [-0.3, -0.25) is 9.59 Å². The first-order valence-corrected chi connectivity index (χ1v) is 10.0. The first-order chi connectivity index (χ1) is 13.2. The van der Waals surface area contributed by atoms with Crippen molar-refractivity contribution in [3.63, 3.8) is 0 Å². The zero-order valence-corrected chi connectivity index (χ0v) is 17.3. The number of carbonyl (C=O) groups excluding carboxylic acids is 2. The number of hydrogen-bond acceptors (Lipinski definition) is 3. The first kappa shape index (κ1) is 22.3. The van der Waals surface area contributed by atoms with Crippen molar-refractivity contribution in [2.24, 2.45) is 0 Å². The Kier molecular flexibility index (Phi) is 7.92. The highest BCUT2D eigenvalue weighted by atomic mass is 19.2. The predicted molar refractivity (Wildman–Crippen MR) is 106 cm³/mol. The molecule has 0 N–H and O–H groups in total. The molecule has 2 rings (SSSR count). The number of fused-ring (bicyclic) bond motifs is 1. The standard InChI is InChI=1S/C21H31F2N3O2/c1-5-21(28)26-11-7-9-24(15(2)3)8-6-10-25(16(4)27)14-17-12-18(22)19(23)13-20(17)26/h12-13,15H,5-11,14H2,1-4H3. The predicted octanol–water partition coefficient (Wildman–Crippen LogP) is 3.56. The van der Waals surface area contributed by atoms with Crippen LogP contribution in [-0.4, -0.2) is 53.8 Å². The van der Waals surface area contributed by atoms with Crippen molar-refractivity contribution in [3.8, 4) is 0 Å². The van der Waals surface area contributed by atoms with Crippen LogP contribution in [0.2, 0.25) is 0 Å². The van der Waals surface area contributed by atoms with Crippen molar-refractivity contribution in [1.29, 1.82) is 0 Å². The molecule has 1 heterocycles. The molecule has 0 aliphatic carbocycles. The van der Waals surface area contributed by atoms with E-state index in [9.17, 15) is 18.4 Å². The fraction of sp³-hybridized carbons (Fsp3) is 0.619. The van der Waals surface area contributed by atoms with E-state index >= 15 is 0 Å². The molecular formula is C21H31F2N3O2. The Hall–Kier alpha value is -2.02. The van der Waals surface area contributed by atoms with Crippen molar-refractivity contribution >= 4 is 17.5 Å². The molecule has 0 bridgehead atoms. The van der Waals surface area contributed by atoms with E-state index in [0.29, 0.717) is 30.4 Å². The van der Waals surface area contributed by atoms with Crippen LogP contribution in [0.5, 0.6) is 0 Å². The second-order valence-electron chi connectivity index (χ2n) is 7.57. The van der Waals surface area contributed by atoms with E-state index in [4.69, 9.17) is 0 Å². The van der Waals surface area contributed by atoms with Gasteiger partial charge in [-0.05, 0) is 38.3 Å². The van der Waals surface area contributed by atoms with Crippen LogP contribution in [-0.2, 0) is 16.1 Å². The third-order valence-corrected chi connectivity index (χ3v) is 5.25. The molecule has 2 amide bonds. The molecule has 5 nitrogen and oxygen atoms in total. The minimum absolute atomic E-state index is 0.128. The lowest BCUT2D eigenvalue weighted by Crippen LogP contribution is -2.40. The monoisotopic (exact) mass is 395 g/mol. The molecule has 0 fully saturated rings. The van der Waals surface area contributed by atoms with Gasteiger partial charge in [-0.2, -0.15) is 0 Å². The average Bonchev–Trinajstić information content (AvgIpc) is 2.63. The van der Waals surface area contributed by atoms with E-state index in [2.05, 4.69) is 18.7 Å². The molecule has 156 valence electrons. The van der Waals surface area contributed by atoms with Crippen LogP contribution < -0.4 is 4.90 Å². The van der Waals surface area contributed by atoms with Crippen LogP contribution >= 0.6 is 0 Å². The Morgan fingerprint density at radius 3 is 2.21 bits per heavy atom. The number of benzene rings is 1. The molecule has 1 aromatic rings. The Labute approximate surface area is 166 Å². The maximum absolute atomic E-state index is 14.0. The Morgan fingerprint density at radius 2 is 1.64 bits per heavy atom. The van der Waals surface area contributed by atoms with E-state index in [1.807, 2.05) is 0 Å². The topological polar surface area (TPSA) is 43.9 Å². The van der Waals surface area contributed by atoms with E-state index in [-0.39, 0.29) is 24.8 Å². The number of hydrogen-bond donors (Lipinski definition) is 0. The van der Waals surface area contributed by atoms with Crippen LogP contribution in [0.15, 0.2) is 12.1 Å². The Balaban J connectivity index is 2.48. The summed E-state index contributed by atoms with van der Waals surface area (Å²) in [5.74, 6) is -2.23. The summed E-state index contributed by atoms with van der Waals surface area (Å²) in [5.41, 5.74) is 0.811. The smallest absolute Gasteiger partial charge is 0.226 e. The maximum atomic E-state index is 14.0. The lowest BCUT2D eigenvalue weighted by molar-refractivity contribution is -0.129. The van der Waals surface area contributed by atoms with Gasteiger partial charge in [-0.1, -0.05) is 6.92 Å². The lowest BCUT2D eigenvalue weighted by Gasteiger charge is -2.32. The van der Waals surface area contributed by atoms with Gasteiger partial charge < -0.3 is 14.7 Å². The SMILES string of the molecule is CCC(=O)N1CCCN(C(C)C)CCCN(C(C)=O)Cc2cc(F)c(F)cc21. The van der Waals surface area contributed by atoms with Crippen LogP contribution in [0.3, 0.4) is 0 Å². The van der Waals surface area contributed by atoms with Gasteiger partial charge in [0, 0.05) is 58.2 Å². The molecule has 1 aliphatic heterocycles. The van der Waals surface area contributed by atoms with Gasteiger partial charge in [0.05, 0.1) is 5.69 Å². The molecular weight excluding hydrogens is 364 g/mol. The summed E-state index contributed by atoms with van der Waals surface area (Å²) in [5, 5.41) is 0. The van der Waals surface area contributed by atoms with Crippen molar-refractivity contribution in [3.05, 3.63) is 29.3 Å². The first-order valence-electron chi connectivity index (χ1n) is 10.0. The molecule has 0 radical (unpaired) electrons. The number of carbonyl (C=O) groups is 2. The Bertz CT molecular complexity index is 709. The van der Waals surface area contributed by atoms with Gasteiger partial charge in [0.25, 0.3) is 0 Å². The molecule has 0 atom stereocenters. The second kappa shape index (κ2) is 9.96. The number of rotatable bonds is 2. The van der Waals surface area contributed by atoms with Gasteiger partial charge in [0.15, 0.2) is 11.6 Å². The number of nitrogens with zero attached hydrogens (tertiary/aromatic N) is 3. The fourth-order valence-electron chi connectivity index (χ4n) is 3.60. The summed E-state index contributed by atoms with van der Waals surface area (Å²) in [4.78, 5) is 30.2. The van der Waals surface area contributed by atoms with Crippen LogP contribution in [0.1, 0.15) is 52.5 Å². The molecule has 1 aliphatic rings. The fourth-order valence-corrected chi connectivity index (χ4v) is 3.60. The van der Waals surface area contributed by atoms with Crippen molar-refractivity contribution in [2.45, 2.75) is 59.5 Å². The van der Waals surface area contributed by atoms with Crippen LogP contribution in [0.4, 0.5) is 14.5 Å². The van der Waals surface area contributed by atoms with Gasteiger partial charge >= 0.3 is 0 Å². The molecule has 0 saturated carbocycles. The largest absolute Gasteiger partial charge is 0.338 e. The average molecular weight is 395 g/mol. The summed E-state index contributed by atoms with van der Waals surface area (Å²) in [7, 11) is 0. The molecule has 1 aromatic carbocycles. The molecule has 0 unspecified atom stereocenters. The minimum Gasteiger partial charge on any atom is -0.338 e. The number of anilines is 1. The number of halogens is 2. The highest BCUT2D eigenvalue weighted by molar-refractivity contribution is 5.94. The van der Waals surface area contributed by atoms with Gasteiger partial charge in [-0.25, -0.2) is 8.78 Å². The zero-order chi connectivity index (χ0) is 20.8. The van der Waals surface area contributed by atoms with Gasteiger partial charge in [0.2, 0.25) is 11.8 Å². The molecule has 28 heavy (non-hydrogen) atoms. The van der Waals surface area contributed by atoms with Gasteiger partial charge in [-0.15, -0.1) is 0 Å². The zero-order valence-electron chi connectivity index (χ0n) is 17.3. The normalized spacial score (nSPS) is 17.1. The lowest BCUT2D eigenvalue weighted by atomic mass is 10.1. The van der Waals surface area contributed by atoms with E-state index in [1.165, 1.54) is 11.8 Å². The quantitative estimate of drug-likeness (QED) is 0.769. The highest BCUT2D eigenvalue weighted by Crippen LogP contribution is 2.27. The van der Waals surface area contributed by atoms with Crippen LogP contribution in [0.25, 0.3) is 0 Å². The molecule has 0 aromatic heterocycles. The summed E-state index contributed by atoms with van der Waals surface area (Å²) in [6.45, 7) is 10.2. The number of amides is 2. The third kappa shape index (κ3) is 5.50. The van der Waals surface area contributed by atoms with E-state index in [0.717, 1.165) is 38.1 Å². The molecule has 0 spiro atoms. The van der Waals surface area contributed by atoms with Crippen molar-refractivity contribution in [2.75, 3.05) is 31.1 Å². The summed E-state index contributed by atoms with van der Waals surface area (Å²) in [6, 6.07) is 2.55. The molecule has 7 heteroatoms. The highest BCUT2D eigenvalue weighted by Gasteiger charge is 2.23. The van der Waals surface area contributed by atoms with Gasteiger partial charge in [0.1, 0.15) is 0 Å².